The van der Waals surface area contributed by atoms with Crippen LogP contribution < -0.4 is 0 Å². The molecule has 1 fully saturated rings. The molecule has 1 aliphatic rings. The minimum Gasteiger partial charge on any atom is -0.326 e. The zero-order chi connectivity index (χ0) is 12.2. The standard InChI is InChI=1S/C8H17O3P.H3O3P/c9-12-10-7-5-3-1-2-4-6-8-11-12;1-4(2)3/h12H,1-8H2;4H,(H2,1,2,3). The third-order valence-electron chi connectivity index (χ3n) is 1.98. The van der Waals surface area contributed by atoms with Crippen molar-refractivity contribution >= 4 is 16.5 Å². The van der Waals surface area contributed by atoms with Gasteiger partial charge in [0.05, 0.1) is 13.2 Å². The van der Waals surface area contributed by atoms with Gasteiger partial charge >= 0.3 is 16.5 Å². The largest absolute Gasteiger partial charge is 0.326 e. The molecule has 0 spiro atoms. The van der Waals surface area contributed by atoms with E-state index in [1.54, 1.807) is 0 Å². The molecule has 98 valence electrons. The quantitative estimate of drug-likeness (QED) is 0.657. The highest BCUT2D eigenvalue weighted by atomic mass is 31.1. The first-order chi connectivity index (χ1) is 7.63. The van der Waals surface area contributed by atoms with Crippen molar-refractivity contribution in [3.05, 3.63) is 0 Å². The topological polar surface area (TPSA) is 93.1 Å². The summed E-state index contributed by atoms with van der Waals surface area (Å²) in [6.07, 6.45) is 6.94. The molecule has 1 heterocycles. The summed E-state index contributed by atoms with van der Waals surface area (Å²) in [7, 11) is -5.29. The predicted molar refractivity (Wildman–Crippen MR) is 62.0 cm³/mol. The number of rotatable bonds is 0. The van der Waals surface area contributed by atoms with Crippen LogP contribution in [0.2, 0.25) is 0 Å². The second-order valence-corrected chi connectivity index (χ2v) is 4.99. The van der Waals surface area contributed by atoms with Gasteiger partial charge < -0.3 is 18.8 Å². The van der Waals surface area contributed by atoms with Crippen molar-refractivity contribution in [1.29, 1.82) is 0 Å². The molecule has 1 saturated heterocycles. The molecule has 1 aliphatic heterocycles. The Hall–Kier alpha value is 0.300. The monoisotopic (exact) mass is 274 g/mol. The van der Waals surface area contributed by atoms with Gasteiger partial charge in [0.25, 0.3) is 0 Å². The highest BCUT2D eigenvalue weighted by Crippen LogP contribution is 2.25. The van der Waals surface area contributed by atoms with E-state index in [9.17, 15) is 4.57 Å². The van der Waals surface area contributed by atoms with Gasteiger partial charge in [-0.05, 0) is 12.8 Å². The van der Waals surface area contributed by atoms with Gasteiger partial charge in [-0.1, -0.05) is 25.7 Å². The molecule has 0 amide bonds. The van der Waals surface area contributed by atoms with E-state index in [-0.39, 0.29) is 0 Å². The Bertz CT molecular complexity index is 193. The number of hydrogen-bond donors (Lipinski definition) is 2. The molecule has 0 aliphatic carbocycles. The second-order valence-electron chi connectivity index (χ2n) is 3.35. The molecule has 6 nitrogen and oxygen atoms in total. The van der Waals surface area contributed by atoms with Gasteiger partial charge in [-0.15, -0.1) is 0 Å². The van der Waals surface area contributed by atoms with Crippen LogP contribution in [-0.2, 0) is 18.2 Å². The lowest BCUT2D eigenvalue weighted by molar-refractivity contribution is 0.223. The maximum atomic E-state index is 11.0. The van der Waals surface area contributed by atoms with E-state index in [1.807, 2.05) is 0 Å². The Morgan fingerprint density at radius 3 is 1.56 bits per heavy atom. The average molecular weight is 274 g/mol. The molecule has 0 aromatic carbocycles. The summed E-state index contributed by atoms with van der Waals surface area (Å²) < 4.78 is 29.7. The first kappa shape index (κ1) is 16.3. The van der Waals surface area contributed by atoms with Crippen LogP contribution in [-0.4, -0.2) is 23.0 Å². The zero-order valence-electron chi connectivity index (χ0n) is 9.18. The molecule has 1 rings (SSSR count). The van der Waals surface area contributed by atoms with E-state index < -0.39 is 16.5 Å². The van der Waals surface area contributed by atoms with Crippen LogP contribution in [0, 0.1) is 0 Å². The van der Waals surface area contributed by atoms with Crippen molar-refractivity contribution in [2.45, 2.75) is 38.5 Å². The summed E-state index contributed by atoms with van der Waals surface area (Å²) in [5, 5.41) is 0. The third-order valence-corrected chi connectivity index (χ3v) is 2.86. The van der Waals surface area contributed by atoms with Crippen LogP contribution in [0.1, 0.15) is 38.5 Å². The Labute approximate surface area is 96.9 Å². The molecular formula is C8H20O6P2. The minimum atomic E-state index is -3.13. The summed E-state index contributed by atoms with van der Waals surface area (Å²) in [6, 6.07) is 0. The maximum Gasteiger partial charge on any atom is 0.319 e. The summed E-state index contributed by atoms with van der Waals surface area (Å²) in [6.45, 7) is 1.19. The average Bonchev–Trinajstić information content (AvgIpc) is 2.23. The normalized spacial score (nSPS) is 20.7. The van der Waals surface area contributed by atoms with Crippen molar-refractivity contribution in [1.82, 2.24) is 0 Å². The van der Waals surface area contributed by atoms with Gasteiger partial charge in [-0.2, -0.15) is 0 Å². The van der Waals surface area contributed by atoms with Crippen LogP contribution in [0.3, 0.4) is 0 Å². The fourth-order valence-electron chi connectivity index (χ4n) is 1.26. The van der Waals surface area contributed by atoms with Gasteiger partial charge in [0.2, 0.25) is 0 Å². The van der Waals surface area contributed by atoms with E-state index in [0.717, 1.165) is 12.8 Å². The summed E-state index contributed by atoms with van der Waals surface area (Å²) >= 11 is 0. The van der Waals surface area contributed by atoms with E-state index in [2.05, 4.69) is 0 Å². The zero-order valence-corrected chi connectivity index (χ0v) is 11.2. The lowest BCUT2D eigenvalue weighted by atomic mass is 10.1. The number of hydrogen-bond acceptors (Lipinski definition) is 4. The van der Waals surface area contributed by atoms with E-state index in [0.29, 0.717) is 13.2 Å². The molecule has 0 aromatic heterocycles. The Balaban J connectivity index is 0.000000487. The van der Waals surface area contributed by atoms with Crippen molar-refractivity contribution < 1.29 is 28.0 Å². The van der Waals surface area contributed by atoms with Crippen LogP contribution >= 0.6 is 16.5 Å². The molecule has 0 unspecified atom stereocenters. The van der Waals surface area contributed by atoms with Gasteiger partial charge in [0.15, 0.2) is 0 Å². The van der Waals surface area contributed by atoms with Crippen molar-refractivity contribution in [2.75, 3.05) is 13.2 Å². The predicted octanol–water partition coefficient (Wildman–Crippen LogP) is 2.12. The molecule has 16 heavy (non-hydrogen) atoms. The molecular weight excluding hydrogens is 254 g/mol. The maximum absolute atomic E-state index is 11.0. The second kappa shape index (κ2) is 11.8. The van der Waals surface area contributed by atoms with Crippen molar-refractivity contribution in [3.63, 3.8) is 0 Å². The third kappa shape index (κ3) is 14.3. The smallest absolute Gasteiger partial charge is 0.319 e. The van der Waals surface area contributed by atoms with Gasteiger partial charge in [0.1, 0.15) is 0 Å². The lowest BCUT2D eigenvalue weighted by Crippen LogP contribution is -1.89. The Morgan fingerprint density at radius 2 is 1.19 bits per heavy atom. The first-order valence-corrected chi connectivity index (χ1v) is 7.87. The van der Waals surface area contributed by atoms with Gasteiger partial charge in [-0.25, -0.2) is 0 Å². The fourth-order valence-corrected chi connectivity index (χ4v) is 1.97. The lowest BCUT2D eigenvalue weighted by Gasteiger charge is -2.02. The Morgan fingerprint density at radius 1 is 0.875 bits per heavy atom. The molecule has 8 heteroatoms. The van der Waals surface area contributed by atoms with E-state index in [1.165, 1.54) is 25.7 Å². The first-order valence-electron chi connectivity index (χ1n) is 5.34. The Kier molecular flexibility index (Phi) is 12.0. The van der Waals surface area contributed by atoms with Gasteiger partial charge in [0, 0.05) is 0 Å². The highest BCUT2D eigenvalue weighted by Gasteiger charge is 2.01. The van der Waals surface area contributed by atoms with E-state index in [4.69, 9.17) is 23.4 Å². The van der Waals surface area contributed by atoms with Gasteiger partial charge in [-0.3, -0.25) is 9.13 Å². The fraction of sp³-hybridized carbons (Fsp3) is 1.00. The highest BCUT2D eigenvalue weighted by molar-refractivity contribution is 7.33. The van der Waals surface area contributed by atoms with Crippen molar-refractivity contribution in [3.8, 4) is 0 Å². The SMILES string of the molecule is O=[PH](O)O.O=[PH]1OCCCCCCCCO1. The van der Waals surface area contributed by atoms with E-state index >= 15 is 0 Å². The van der Waals surface area contributed by atoms with Crippen LogP contribution in [0.15, 0.2) is 0 Å². The molecule has 2 N–H and O–H groups in total. The minimum absolute atomic E-state index is 0.595. The van der Waals surface area contributed by atoms with Crippen molar-refractivity contribution in [2.24, 2.45) is 0 Å². The van der Waals surface area contributed by atoms with Crippen LogP contribution in [0.25, 0.3) is 0 Å². The summed E-state index contributed by atoms with van der Waals surface area (Å²) in [4.78, 5) is 14.3. The molecule has 0 atom stereocenters. The molecule has 0 aromatic rings. The summed E-state index contributed by atoms with van der Waals surface area (Å²) in [5.41, 5.74) is 0. The molecule has 0 radical (unpaired) electrons. The summed E-state index contributed by atoms with van der Waals surface area (Å²) in [5.74, 6) is 0. The molecule has 0 bridgehead atoms. The van der Waals surface area contributed by atoms with Crippen LogP contribution in [0.5, 0.6) is 0 Å². The van der Waals surface area contributed by atoms with Crippen LogP contribution in [0.4, 0.5) is 0 Å². The molecule has 0 saturated carbocycles.